The number of rotatable bonds is 7. The number of carbonyl (C=O) groups excluding carboxylic acids is 1. The summed E-state index contributed by atoms with van der Waals surface area (Å²) in [6, 6.07) is 12.7. The fourth-order valence-corrected chi connectivity index (χ4v) is 2.27. The summed E-state index contributed by atoms with van der Waals surface area (Å²) in [5.41, 5.74) is 3.69. The predicted octanol–water partition coefficient (Wildman–Crippen LogP) is 3.65. The molecular weight excluding hydrogens is 260 g/mol. The van der Waals surface area contributed by atoms with Crippen LogP contribution in [0.15, 0.2) is 42.6 Å². The van der Waals surface area contributed by atoms with Gasteiger partial charge in [0.25, 0.3) is 0 Å². The van der Waals surface area contributed by atoms with Gasteiger partial charge in [-0.05, 0) is 31.0 Å². The number of hydrogen-bond donors (Lipinski definition) is 1. The van der Waals surface area contributed by atoms with Gasteiger partial charge in [0.05, 0.1) is 6.54 Å². The van der Waals surface area contributed by atoms with E-state index < -0.39 is 0 Å². The summed E-state index contributed by atoms with van der Waals surface area (Å²) < 4.78 is 2.19. The highest BCUT2D eigenvalue weighted by molar-refractivity contribution is 5.75. The summed E-state index contributed by atoms with van der Waals surface area (Å²) in [5, 5.41) is 3.00. The van der Waals surface area contributed by atoms with Gasteiger partial charge in [0.15, 0.2) is 0 Å². The molecule has 0 aliphatic heterocycles. The highest BCUT2D eigenvalue weighted by Crippen LogP contribution is 2.09. The summed E-state index contributed by atoms with van der Waals surface area (Å²) >= 11 is 0. The molecule has 2 aromatic rings. The zero-order valence-corrected chi connectivity index (χ0v) is 12.9. The van der Waals surface area contributed by atoms with Gasteiger partial charge in [0.1, 0.15) is 0 Å². The first-order chi connectivity index (χ1) is 10.2. The Kier molecular flexibility index (Phi) is 5.61. The molecule has 1 heterocycles. The fourth-order valence-electron chi connectivity index (χ4n) is 2.27. The van der Waals surface area contributed by atoms with Crippen molar-refractivity contribution in [3.8, 4) is 0 Å². The van der Waals surface area contributed by atoms with Crippen LogP contribution in [0.25, 0.3) is 0 Å². The zero-order chi connectivity index (χ0) is 15.1. The Hall–Kier alpha value is -2.03. The van der Waals surface area contributed by atoms with E-state index in [0.717, 1.165) is 25.1 Å². The highest BCUT2D eigenvalue weighted by Gasteiger charge is 2.04. The molecule has 0 aliphatic rings. The molecule has 0 unspecified atom stereocenters. The van der Waals surface area contributed by atoms with Gasteiger partial charge < -0.3 is 9.88 Å². The molecule has 1 N–H and O–H groups in total. The normalized spacial score (nSPS) is 10.6. The number of hydrogen-bond acceptors (Lipinski definition) is 1. The van der Waals surface area contributed by atoms with E-state index in [9.17, 15) is 4.79 Å². The van der Waals surface area contributed by atoms with Crippen LogP contribution < -0.4 is 5.32 Å². The van der Waals surface area contributed by atoms with Gasteiger partial charge in [0, 0.05) is 24.9 Å². The quantitative estimate of drug-likeness (QED) is 0.827. The molecule has 112 valence electrons. The molecule has 0 spiro atoms. The first kappa shape index (κ1) is 15.4. The third kappa shape index (κ3) is 4.78. The van der Waals surface area contributed by atoms with Crippen molar-refractivity contribution in [3.05, 3.63) is 59.4 Å². The second-order valence-corrected chi connectivity index (χ2v) is 5.49. The monoisotopic (exact) mass is 284 g/mol. The van der Waals surface area contributed by atoms with Gasteiger partial charge in [0.2, 0.25) is 5.91 Å². The van der Waals surface area contributed by atoms with Gasteiger partial charge in [-0.2, -0.15) is 0 Å². The largest absolute Gasteiger partial charge is 0.351 e. The molecule has 1 aromatic heterocycles. The van der Waals surface area contributed by atoms with E-state index >= 15 is 0 Å². The van der Waals surface area contributed by atoms with Crippen molar-refractivity contribution in [1.82, 2.24) is 9.88 Å². The van der Waals surface area contributed by atoms with Gasteiger partial charge in [-0.15, -0.1) is 0 Å². The lowest BCUT2D eigenvalue weighted by Gasteiger charge is -2.11. The molecule has 21 heavy (non-hydrogen) atoms. The molecule has 0 saturated carbocycles. The molecule has 1 aromatic carbocycles. The maximum Gasteiger partial charge on any atom is 0.220 e. The smallest absolute Gasteiger partial charge is 0.220 e. The minimum atomic E-state index is 0.139. The zero-order valence-electron chi connectivity index (χ0n) is 12.9. The number of carbonyl (C=O) groups is 1. The summed E-state index contributed by atoms with van der Waals surface area (Å²) in [5.74, 6) is 0.139. The topological polar surface area (TPSA) is 34.0 Å². The molecule has 0 aliphatic carbocycles. The molecule has 0 bridgehead atoms. The number of aryl methyl sites for hydroxylation is 1. The van der Waals surface area contributed by atoms with Crippen molar-refractivity contribution in [3.63, 3.8) is 0 Å². The SMILES string of the molecule is CCCCC(=O)NCc1cccn1Cc1ccc(C)cc1. The van der Waals surface area contributed by atoms with Crippen molar-refractivity contribution >= 4 is 5.91 Å². The Labute approximate surface area is 127 Å². The number of nitrogens with one attached hydrogen (secondary N) is 1. The molecule has 0 fully saturated rings. The van der Waals surface area contributed by atoms with E-state index in [1.165, 1.54) is 11.1 Å². The van der Waals surface area contributed by atoms with E-state index in [1.807, 2.05) is 6.07 Å². The Morgan fingerprint density at radius 2 is 1.95 bits per heavy atom. The maximum atomic E-state index is 11.7. The average Bonchev–Trinajstić information content (AvgIpc) is 2.92. The second-order valence-electron chi connectivity index (χ2n) is 5.49. The van der Waals surface area contributed by atoms with E-state index in [4.69, 9.17) is 0 Å². The van der Waals surface area contributed by atoms with Gasteiger partial charge in [-0.3, -0.25) is 4.79 Å². The maximum absolute atomic E-state index is 11.7. The van der Waals surface area contributed by atoms with Crippen LogP contribution in [0.5, 0.6) is 0 Å². The minimum Gasteiger partial charge on any atom is -0.351 e. The van der Waals surface area contributed by atoms with Crippen LogP contribution in [-0.2, 0) is 17.9 Å². The van der Waals surface area contributed by atoms with Crippen molar-refractivity contribution in [2.24, 2.45) is 0 Å². The summed E-state index contributed by atoms with van der Waals surface area (Å²) in [6.45, 7) is 5.63. The Balaban J connectivity index is 1.92. The highest BCUT2D eigenvalue weighted by atomic mass is 16.1. The second kappa shape index (κ2) is 7.67. The van der Waals surface area contributed by atoms with Crippen molar-refractivity contribution in [2.45, 2.75) is 46.2 Å². The van der Waals surface area contributed by atoms with Crippen LogP contribution in [0.4, 0.5) is 0 Å². The lowest BCUT2D eigenvalue weighted by atomic mass is 10.1. The fraction of sp³-hybridized carbons (Fsp3) is 0.389. The van der Waals surface area contributed by atoms with Crippen LogP contribution in [0, 0.1) is 6.92 Å². The van der Waals surface area contributed by atoms with E-state index in [-0.39, 0.29) is 5.91 Å². The van der Waals surface area contributed by atoms with E-state index in [2.05, 4.69) is 60.3 Å². The van der Waals surface area contributed by atoms with Gasteiger partial charge in [-0.1, -0.05) is 43.2 Å². The van der Waals surface area contributed by atoms with Crippen LogP contribution >= 0.6 is 0 Å². The molecule has 0 radical (unpaired) electrons. The van der Waals surface area contributed by atoms with E-state index in [0.29, 0.717) is 13.0 Å². The first-order valence-corrected chi connectivity index (χ1v) is 7.65. The van der Waals surface area contributed by atoms with Crippen LogP contribution in [-0.4, -0.2) is 10.5 Å². The Morgan fingerprint density at radius 1 is 1.19 bits per heavy atom. The Bertz CT molecular complexity index is 569. The lowest BCUT2D eigenvalue weighted by molar-refractivity contribution is -0.121. The number of amides is 1. The molecule has 1 amide bonds. The van der Waals surface area contributed by atoms with E-state index in [1.54, 1.807) is 0 Å². The first-order valence-electron chi connectivity index (χ1n) is 7.65. The summed E-state index contributed by atoms with van der Waals surface area (Å²) in [6.07, 6.45) is 4.69. The Morgan fingerprint density at radius 3 is 2.67 bits per heavy atom. The molecule has 3 heteroatoms. The molecule has 3 nitrogen and oxygen atoms in total. The number of benzene rings is 1. The average molecular weight is 284 g/mol. The standard InChI is InChI=1S/C18H24N2O/c1-3-4-7-18(21)19-13-17-6-5-12-20(17)14-16-10-8-15(2)9-11-16/h5-6,8-12H,3-4,7,13-14H2,1-2H3,(H,19,21). The minimum absolute atomic E-state index is 0.139. The van der Waals surface area contributed by atoms with Crippen molar-refractivity contribution < 1.29 is 4.79 Å². The predicted molar refractivity (Wildman–Crippen MR) is 86.1 cm³/mol. The lowest BCUT2D eigenvalue weighted by Crippen LogP contribution is -2.23. The van der Waals surface area contributed by atoms with Crippen LogP contribution in [0.1, 0.15) is 43.0 Å². The molecule has 2 rings (SSSR count). The van der Waals surface area contributed by atoms with Crippen molar-refractivity contribution in [2.75, 3.05) is 0 Å². The number of aromatic nitrogens is 1. The van der Waals surface area contributed by atoms with Gasteiger partial charge in [-0.25, -0.2) is 0 Å². The van der Waals surface area contributed by atoms with Crippen LogP contribution in [0.3, 0.4) is 0 Å². The third-order valence-corrected chi connectivity index (χ3v) is 3.62. The number of nitrogens with zero attached hydrogens (tertiary/aromatic N) is 1. The van der Waals surface area contributed by atoms with Crippen molar-refractivity contribution in [1.29, 1.82) is 0 Å². The third-order valence-electron chi connectivity index (χ3n) is 3.62. The van der Waals surface area contributed by atoms with Crippen LogP contribution in [0.2, 0.25) is 0 Å². The summed E-state index contributed by atoms with van der Waals surface area (Å²) in [4.78, 5) is 11.7. The summed E-state index contributed by atoms with van der Waals surface area (Å²) in [7, 11) is 0. The molecule has 0 saturated heterocycles. The molecular formula is C18H24N2O. The van der Waals surface area contributed by atoms with Gasteiger partial charge >= 0.3 is 0 Å². The number of unbranched alkanes of at least 4 members (excludes halogenated alkanes) is 1. The molecule has 0 atom stereocenters.